The van der Waals surface area contributed by atoms with Gasteiger partial charge in [-0.15, -0.1) is 11.3 Å². The second kappa shape index (κ2) is 4.47. The summed E-state index contributed by atoms with van der Waals surface area (Å²) in [5.41, 5.74) is 0. The van der Waals surface area contributed by atoms with Crippen LogP contribution in [0.25, 0.3) is 0 Å². The van der Waals surface area contributed by atoms with E-state index < -0.39 is 19.7 Å². The van der Waals surface area contributed by atoms with Crippen molar-refractivity contribution >= 4 is 62.1 Å². The highest BCUT2D eigenvalue weighted by atomic mass is 35.6. The number of nitrogens with one attached hydrogen (secondary N) is 1. The van der Waals surface area contributed by atoms with E-state index >= 15 is 0 Å². The van der Waals surface area contributed by atoms with Crippen LogP contribution in [0.1, 0.15) is 0 Å². The van der Waals surface area contributed by atoms with E-state index in [1.165, 1.54) is 12.1 Å². The van der Waals surface area contributed by atoms with Crippen LogP contribution in [0.4, 0.5) is 0 Å². The lowest BCUT2D eigenvalue weighted by molar-refractivity contribution is -0.118. The van der Waals surface area contributed by atoms with Crippen LogP contribution in [-0.2, 0) is 14.8 Å². The molecule has 0 aliphatic rings. The smallest absolute Gasteiger partial charge is 0.269 e. The van der Waals surface area contributed by atoms with Crippen LogP contribution in [0.2, 0.25) is 0 Å². The summed E-state index contributed by atoms with van der Waals surface area (Å²) in [6, 6.07) is 2.86. The van der Waals surface area contributed by atoms with Crippen molar-refractivity contribution in [1.82, 2.24) is 4.72 Å². The van der Waals surface area contributed by atoms with Crippen LogP contribution in [0.15, 0.2) is 21.7 Å². The Morgan fingerprint density at radius 2 is 2.00 bits per heavy atom. The molecule has 1 amide bonds. The number of alkyl halides is 3. The summed E-state index contributed by atoms with van der Waals surface area (Å²) in [5, 5.41) is 1.55. The van der Waals surface area contributed by atoms with Crippen molar-refractivity contribution in [1.29, 1.82) is 0 Å². The van der Waals surface area contributed by atoms with Crippen molar-refractivity contribution < 1.29 is 13.2 Å². The summed E-state index contributed by atoms with van der Waals surface area (Å²) in [4.78, 5) is 11.1. The average molecular weight is 309 g/mol. The quantitative estimate of drug-likeness (QED) is 0.849. The minimum atomic E-state index is -3.93. The van der Waals surface area contributed by atoms with Crippen LogP contribution in [-0.4, -0.2) is 18.1 Å². The third-order valence-electron chi connectivity index (χ3n) is 1.24. The first-order valence-corrected chi connectivity index (χ1v) is 6.90. The SMILES string of the molecule is O=C(NS(=O)(=O)c1cccs1)C(Cl)(Cl)Cl. The lowest BCUT2D eigenvalue weighted by Gasteiger charge is -2.10. The Morgan fingerprint density at radius 1 is 1.40 bits per heavy atom. The maximum atomic E-state index is 11.5. The lowest BCUT2D eigenvalue weighted by Crippen LogP contribution is -2.38. The molecule has 0 aliphatic carbocycles. The molecular weight excluding hydrogens is 305 g/mol. The zero-order chi connectivity index (χ0) is 11.7. The number of halogens is 3. The van der Waals surface area contributed by atoms with Gasteiger partial charge in [0.05, 0.1) is 0 Å². The number of hydrogen-bond donors (Lipinski definition) is 1. The highest BCUT2D eigenvalue weighted by molar-refractivity contribution is 7.92. The monoisotopic (exact) mass is 307 g/mol. The molecular formula is C6H4Cl3NO3S2. The second-order valence-corrected chi connectivity index (χ2v) is 7.50. The Hall–Kier alpha value is -0.0100. The van der Waals surface area contributed by atoms with Gasteiger partial charge in [-0.25, -0.2) is 13.1 Å². The number of sulfonamides is 1. The molecule has 0 fully saturated rings. The number of carbonyl (C=O) groups is 1. The molecule has 4 nitrogen and oxygen atoms in total. The van der Waals surface area contributed by atoms with Crippen LogP contribution in [0, 0.1) is 0 Å². The van der Waals surface area contributed by atoms with Gasteiger partial charge in [-0.1, -0.05) is 40.9 Å². The zero-order valence-corrected chi connectivity index (χ0v) is 10.8. The van der Waals surface area contributed by atoms with Gasteiger partial charge >= 0.3 is 0 Å². The molecule has 0 radical (unpaired) electrons. The van der Waals surface area contributed by atoms with E-state index in [0.717, 1.165) is 11.3 Å². The van der Waals surface area contributed by atoms with Gasteiger partial charge in [-0.3, -0.25) is 4.79 Å². The molecule has 0 aliphatic heterocycles. The summed E-state index contributed by atoms with van der Waals surface area (Å²) >= 11 is 16.6. The fraction of sp³-hybridized carbons (Fsp3) is 0.167. The lowest BCUT2D eigenvalue weighted by atomic mass is 10.7. The van der Waals surface area contributed by atoms with Gasteiger partial charge in [0, 0.05) is 0 Å². The number of thiophene rings is 1. The van der Waals surface area contributed by atoms with Crippen LogP contribution < -0.4 is 4.72 Å². The standard InChI is InChI=1S/C6H4Cl3NO3S2/c7-6(8,9)5(11)10-15(12,13)4-2-1-3-14-4/h1-3H,(H,10,11). The maximum absolute atomic E-state index is 11.5. The highest BCUT2D eigenvalue weighted by Gasteiger charge is 2.34. The second-order valence-electron chi connectivity index (χ2n) is 2.36. The molecule has 1 N–H and O–H groups in total. The van der Waals surface area contributed by atoms with Gasteiger partial charge in [0.2, 0.25) is 0 Å². The Bertz CT molecular complexity index is 448. The first-order valence-electron chi connectivity index (χ1n) is 3.41. The van der Waals surface area contributed by atoms with E-state index in [9.17, 15) is 13.2 Å². The van der Waals surface area contributed by atoms with E-state index in [1.54, 1.807) is 10.1 Å². The highest BCUT2D eigenvalue weighted by Crippen LogP contribution is 2.27. The predicted molar refractivity (Wildman–Crippen MR) is 59.9 cm³/mol. The van der Waals surface area contributed by atoms with E-state index in [0.29, 0.717) is 0 Å². The Balaban J connectivity index is 2.89. The largest absolute Gasteiger partial charge is 0.285 e. The summed E-state index contributed by atoms with van der Waals surface area (Å²) < 4.78 is 22.2. The number of hydrogen-bond acceptors (Lipinski definition) is 4. The molecule has 1 aromatic rings. The molecule has 1 heterocycles. The Morgan fingerprint density at radius 3 is 2.40 bits per heavy atom. The summed E-state index contributed by atoms with van der Waals surface area (Å²) in [6.07, 6.45) is 0. The molecule has 0 aromatic carbocycles. The molecule has 1 rings (SSSR count). The van der Waals surface area contributed by atoms with Gasteiger partial charge in [0.25, 0.3) is 19.7 Å². The minimum Gasteiger partial charge on any atom is -0.269 e. The average Bonchev–Trinajstić information content (AvgIpc) is 2.52. The molecule has 0 spiro atoms. The summed E-state index contributed by atoms with van der Waals surface area (Å²) in [7, 11) is -3.93. The van der Waals surface area contributed by atoms with Crippen LogP contribution >= 0.6 is 46.1 Å². The molecule has 0 saturated carbocycles. The van der Waals surface area contributed by atoms with E-state index in [2.05, 4.69) is 0 Å². The zero-order valence-electron chi connectivity index (χ0n) is 6.91. The van der Waals surface area contributed by atoms with Crippen LogP contribution in [0.3, 0.4) is 0 Å². The molecule has 0 unspecified atom stereocenters. The van der Waals surface area contributed by atoms with Gasteiger partial charge in [0.1, 0.15) is 4.21 Å². The molecule has 15 heavy (non-hydrogen) atoms. The van der Waals surface area contributed by atoms with Crippen molar-refractivity contribution in [2.24, 2.45) is 0 Å². The summed E-state index contributed by atoms with van der Waals surface area (Å²) in [6.45, 7) is 0. The topological polar surface area (TPSA) is 63.2 Å². The van der Waals surface area contributed by atoms with Crippen molar-refractivity contribution in [3.05, 3.63) is 17.5 Å². The van der Waals surface area contributed by atoms with Crippen molar-refractivity contribution in [2.75, 3.05) is 0 Å². The fourth-order valence-electron chi connectivity index (χ4n) is 0.647. The number of carbonyl (C=O) groups excluding carboxylic acids is 1. The van der Waals surface area contributed by atoms with Gasteiger partial charge in [0.15, 0.2) is 0 Å². The normalized spacial score (nSPS) is 12.5. The van der Waals surface area contributed by atoms with Crippen molar-refractivity contribution in [2.45, 2.75) is 8.00 Å². The first-order chi connectivity index (χ1) is 6.73. The summed E-state index contributed by atoms with van der Waals surface area (Å²) in [5.74, 6) is -1.21. The number of amides is 1. The maximum Gasteiger partial charge on any atom is 0.285 e. The van der Waals surface area contributed by atoms with Gasteiger partial charge in [-0.2, -0.15) is 0 Å². The van der Waals surface area contributed by atoms with Gasteiger partial charge in [-0.05, 0) is 11.4 Å². The molecule has 0 atom stereocenters. The van der Waals surface area contributed by atoms with Gasteiger partial charge < -0.3 is 0 Å². The third kappa shape index (κ3) is 3.49. The molecule has 0 saturated heterocycles. The van der Waals surface area contributed by atoms with Crippen LogP contribution in [0.5, 0.6) is 0 Å². The molecule has 1 aromatic heterocycles. The molecule has 0 bridgehead atoms. The van der Waals surface area contributed by atoms with Crippen molar-refractivity contribution in [3.8, 4) is 0 Å². The van der Waals surface area contributed by atoms with E-state index in [-0.39, 0.29) is 4.21 Å². The minimum absolute atomic E-state index is 0.0231. The molecule has 84 valence electrons. The third-order valence-corrected chi connectivity index (χ3v) is 4.49. The predicted octanol–water partition coefficient (Wildman–Crippen LogP) is 1.92. The fourth-order valence-corrected chi connectivity index (χ4v) is 2.96. The Kier molecular flexibility index (Phi) is 3.89. The first kappa shape index (κ1) is 13.1. The Labute approximate surface area is 105 Å². The molecule has 9 heteroatoms. The van der Waals surface area contributed by atoms with E-state index in [1.807, 2.05) is 0 Å². The van der Waals surface area contributed by atoms with E-state index in [4.69, 9.17) is 34.8 Å². The van der Waals surface area contributed by atoms with Crippen molar-refractivity contribution in [3.63, 3.8) is 0 Å². The number of rotatable bonds is 2.